The second kappa shape index (κ2) is 4.95. The smallest absolute Gasteiger partial charge is 0.133 e. The molecule has 0 spiro atoms. The summed E-state index contributed by atoms with van der Waals surface area (Å²) in [5.74, 6) is 3.29. The first-order valence-electron chi connectivity index (χ1n) is 6.02. The van der Waals surface area contributed by atoms with E-state index in [9.17, 15) is 4.79 Å². The van der Waals surface area contributed by atoms with Crippen LogP contribution in [0.3, 0.4) is 0 Å². The summed E-state index contributed by atoms with van der Waals surface area (Å²) in [6, 6.07) is 0. The summed E-state index contributed by atoms with van der Waals surface area (Å²) in [7, 11) is 0. The van der Waals surface area contributed by atoms with E-state index in [0.717, 1.165) is 24.7 Å². The Balaban J connectivity index is 2.45. The number of Topliss-reactive ketones (excluding diaryl/α,β-unsaturated/α-hetero) is 1. The van der Waals surface area contributed by atoms with Crippen molar-refractivity contribution in [2.75, 3.05) is 0 Å². The fraction of sp³-hybridized carbons (Fsp3) is 0.923. The monoisotopic (exact) mass is 196 g/mol. The second-order valence-electron chi connectivity index (χ2n) is 5.54. The van der Waals surface area contributed by atoms with Crippen molar-refractivity contribution in [3.8, 4) is 0 Å². The number of hydrogen-bond donors (Lipinski definition) is 0. The van der Waals surface area contributed by atoms with Gasteiger partial charge in [0.15, 0.2) is 0 Å². The number of carbonyl (C=O) groups is 1. The van der Waals surface area contributed by atoms with Gasteiger partial charge in [0.25, 0.3) is 0 Å². The van der Waals surface area contributed by atoms with E-state index in [1.54, 1.807) is 0 Å². The second-order valence-corrected chi connectivity index (χ2v) is 5.54. The number of carbonyl (C=O) groups excluding carboxylic acids is 1. The van der Waals surface area contributed by atoms with Crippen LogP contribution in [0.5, 0.6) is 0 Å². The van der Waals surface area contributed by atoms with Crippen molar-refractivity contribution in [1.29, 1.82) is 0 Å². The fourth-order valence-electron chi connectivity index (χ4n) is 2.76. The fourth-order valence-corrected chi connectivity index (χ4v) is 2.76. The van der Waals surface area contributed by atoms with E-state index in [1.807, 2.05) is 0 Å². The predicted molar refractivity (Wildman–Crippen MR) is 60.1 cm³/mol. The van der Waals surface area contributed by atoms with Crippen LogP contribution in [0, 0.1) is 23.7 Å². The first-order chi connectivity index (χ1) is 6.50. The predicted octanol–water partition coefficient (Wildman–Crippen LogP) is 3.67. The van der Waals surface area contributed by atoms with Crippen LogP contribution in [0.2, 0.25) is 0 Å². The molecule has 0 aromatic carbocycles. The van der Waals surface area contributed by atoms with Crippen molar-refractivity contribution < 1.29 is 4.79 Å². The molecule has 0 aromatic rings. The summed E-state index contributed by atoms with van der Waals surface area (Å²) in [6.45, 7) is 9.06. The van der Waals surface area contributed by atoms with Gasteiger partial charge in [-0.15, -0.1) is 0 Å². The number of ketones is 1. The lowest BCUT2D eigenvalue weighted by atomic mass is 9.70. The van der Waals surface area contributed by atoms with Gasteiger partial charge in [-0.2, -0.15) is 0 Å². The van der Waals surface area contributed by atoms with Gasteiger partial charge in [0.1, 0.15) is 5.78 Å². The zero-order valence-electron chi connectivity index (χ0n) is 10.0. The van der Waals surface area contributed by atoms with Crippen molar-refractivity contribution in [2.24, 2.45) is 23.7 Å². The van der Waals surface area contributed by atoms with Crippen molar-refractivity contribution in [3.63, 3.8) is 0 Å². The topological polar surface area (TPSA) is 17.1 Å². The summed E-state index contributed by atoms with van der Waals surface area (Å²) in [5.41, 5.74) is 0. The zero-order valence-corrected chi connectivity index (χ0v) is 10.0. The lowest BCUT2D eigenvalue weighted by molar-refractivity contribution is -0.124. The van der Waals surface area contributed by atoms with E-state index in [-0.39, 0.29) is 0 Å². The maximum absolute atomic E-state index is 11.4. The van der Waals surface area contributed by atoms with Gasteiger partial charge < -0.3 is 0 Å². The molecule has 1 heteroatoms. The van der Waals surface area contributed by atoms with Crippen LogP contribution in [0.1, 0.15) is 53.4 Å². The van der Waals surface area contributed by atoms with Gasteiger partial charge in [0, 0.05) is 12.8 Å². The third-order valence-corrected chi connectivity index (χ3v) is 3.64. The quantitative estimate of drug-likeness (QED) is 0.673. The average Bonchev–Trinajstić information content (AvgIpc) is 2.01. The Hall–Kier alpha value is -0.330. The van der Waals surface area contributed by atoms with Crippen LogP contribution < -0.4 is 0 Å². The Labute approximate surface area is 88.3 Å². The van der Waals surface area contributed by atoms with Gasteiger partial charge >= 0.3 is 0 Å². The zero-order chi connectivity index (χ0) is 10.7. The Bertz CT molecular complexity index is 181. The lowest BCUT2D eigenvalue weighted by Crippen LogP contribution is -2.30. The molecule has 0 radical (unpaired) electrons. The van der Waals surface area contributed by atoms with E-state index < -0.39 is 0 Å². The van der Waals surface area contributed by atoms with Gasteiger partial charge in [0.05, 0.1) is 0 Å². The van der Waals surface area contributed by atoms with Gasteiger partial charge in [0.2, 0.25) is 0 Å². The minimum atomic E-state index is 0.478. The third kappa shape index (κ3) is 3.11. The van der Waals surface area contributed by atoms with E-state index >= 15 is 0 Å². The molecule has 0 aliphatic heterocycles. The highest BCUT2D eigenvalue weighted by molar-refractivity contribution is 5.79. The molecule has 0 saturated heterocycles. The Kier molecular flexibility index (Phi) is 4.15. The molecule has 1 fully saturated rings. The molecule has 1 aliphatic rings. The van der Waals surface area contributed by atoms with Gasteiger partial charge in [-0.25, -0.2) is 0 Å². The van der Waals surface area contributed by atoms with Crippen LogP contribution in [0.4, 0.5) is 0 Å². The highest BCUT2D eigenvalue weighted by Gasteiger charge is 2.31. The standard InChI is InChI=1S/C13H24O/c1-9(2)5-6-13-10(3)7-12(14)8-11(13)4/h9-11,13H,5-8H2,1-4H3. The largest absolute Gasteiger partial charge is 0.300 e. The van der Waals surface area contributed by atoms with Gasteiger partial charge in [-0.05, 0) is 30.1 Å². The lowest BCUT2D eigenvalue weighted by Gasteiger charge is -2.34. The summed E-state index contributed by atoms with van der Waals surface area (Å²) in [4.78, 5) is 11.4. The van der Waals surface area contributed by atoms with Crippen LogP contribution in [0.15, 0.2) is 0 Å². The SMILES string of the molecule is CC(C)CCC1C(C)CC(=O)CC1C. The molecule has 1 saturated carbocycles. The number of rotatable bonds is 3. The Morgan fingerprint density at radius 3 is 2.14 bits per heavy atom. The van der Waals surface area contributed by atoms with Gasteiger partial charge in [-0.1, -0.05) is 34.1 Å². The van der Waals surface area contributed by atoms with Gasteiger partial charge in [-0.3, -0.25) is 4.79 Å². The summed E-state index contributed by atoms with van der Waals surface area (Å²) in [6.07, 6.45) is 4.28. The molecule has 0 amide bonds. The molecular formula is C13H24O. The summed E-state index contributed by atoms with van der Waals surface area (Å²) >= 11 is 0. The van der Waals surface area contributed by atoms with Crippen molar-refractivity contribution in [3.05, 3.63) is 0 Å². The molecule has 14 heavy (non-hydrogen) atoms. The average molecular weight is 196 g/mol. The number of hydrogen-bond acceptors (Lipinski definition) is 1. The highest BCUT2D eigenvalue weighted by atomic mass is 16.1. The Morgan fingerprint density at radius 1 is 1.21 bits per heavy atom. The third-order valence-electron chi connectivity index (χ3n) is 3.64. The molecule has 2 atom stereocenters. The van der Waals surface area contributed by atoms with Crippen LogP contribution >= 0.6 is 0 Å². The molecule has 0 aromatic heterocycles. The van der Waals surface area contributed by atoms with E-state index in [0.29, 0.717) is 17.6 Å². The Morgan fingerprint density at radius 2 is 1.71 bits per heavy atom. The molecular weight excluding hydrogens is 172 g/mol. The van der Waals surface area contributed by atoms with Crippen LogP contribution in [-0.4, -0.2) is 5.78 Å². The maximum Gasteiger partial charge on any atom is 0.133 e. The van der Waals surface area contributed by atoms with E-state index in [2.05, 4.69) is 27.7 Å². The minimum Gasteiger partial charge on any atom is -0.300 e. The molecule has 82 valence electrons. The van der Waals surface area contributed by atoms with Crippen molar-refractivity contribution in [2.45, 2.75) is 53.4 Å². The van der Waals surface area contributed by atoms with Crippen molar-refractivity contribution in [1.82, 2.24) is 0 Å². The first-order valence-corrected chi connectivity index (χ1v) is 6.02. The minimum absolute atomic E-state index is 0.478. The molecule has 1 nitrogen and oxygen atoms in total. The molecule has 2 unspecified atom stereocenters. The molecule has 0 bridgehead atoms. The molecule has 1 aliphatic carbocycles. The molecule has 0 N–H and O–H groups in total. The maximum atomic E-state index is 11.4. The molecule has 0 heterocycles. The van der Waals surface area contributed by atoms with Crippen LogP contribution in [-0.2, 0) is 4.79 Å². The van der Waals surface area contributed by atoms with E-state index in [4.69, 9.17) is 0 Å². The summed E-state index contributed by atoms with van der Waals surface area (Å²) in [5, 5.41) is 0. The highest BCUT2D eigenvalue weighted by Crippen LogP contribution is 2.36. The van der Waals surface area contributed by atoms with E-state index in [1.165, 1.54) is 12.8 Å². The van der Waals surface area contributed by atoms with Crippen molar-refractivity contribution >= 4 is 5.78 Å². The van der Waals surface area contributed by atoms with Crippen LogP contribution in [0.25, 0.3) is 0 Å². The summed E-state index contributed by atoms with van der Waals surface area (Å²) < 4.78 is 0. The normalized spacial score (nSPS) is 33.8. The molecule has 1 rings (SSSR count). The first kappa shape index (κ1) is 11.7.